The first-order valence-corrected chi connectivity index (χ1v) is 6.90. The molecule has 0 amide bonds. The zero-order valence-electron chi connectivity index (χ0n) is 12.1. The van der Waals surface area contributed by atoms with Crippen molar-refractivity contribution in [3.63, 3.8) is 0 Å². The van der Waals surface area contributed by atoms with Crippen LogP contribution in [0.5, 0.6) is 5.75 Å². The Kier molecular flexibility index (Phi) is 3.01. The average molecular weight is 265 g/mol. The molecule has 0 radical (unpaired) electrons. The highest BCUT2D eigenvalue weighted by Crippen LogP contribution is 2.27. The minimum atomic E-state index is 0.314. The molecule has 0 aliphatic carbocycles. The van der Waals surface area contributed by atoms with Gasteiger partial charge in [0.15, 0.2) is 0 Å². The third-order valence-corrected chi connectivity index (χ3v) is 4.07. The highest BCUT2D eigenvalue weighted by molar-refractivity contribution is 5.86. The highest BCUT2D eigenvalue weighted by atomic mass is 16.3. The Morgan fingerprint density at radius 3 is 2.35 bits per heavy atom. The van der Waals surface area contributed by atoms with Crippen molar-refractivity contribution in [3.8, 4) is 5.75 Å². The van der Waals surface area contributed by atoms with Gasteiger partial charge in [-0.2, -0.15) is 0 Å². The van der Waals surface area contributed by atoms with Crippen LogP contribution in [0.25, 0.3) is 10.9 Å². The number of hydrogen-bond donors (Lipinski definition) is 1. The van der Waals surface area contributed by atoms with Crippen molar-refractivity contribution in [2.75, 3.05) is 0 Å². The molecule has 102 valence electrons. The maximum Gasteiger partial charge on any atom is 0.115 e. The predicted molar refractivity (Wildman–Crippen MR) is 83.4 cm³/mol. The summed E-state index contributed by atoms with van der Waals surface area (Å²) in [6.07, 6.45) is 0. The molecular weight excluding hydrogens is 246 g/mol. The number of phenolic OH excluding ortho intramolecular Hbond substituents is 1. The van der Waals surface area contributed by atoms with Crippen molar-refractivity contribution < 1.29 is 5.11 Å². The van der Waals surface area contributed by atoms with Crippen LogP contribution in [-0.2, 0) is 6.54 Å². The quantitative estimate of drug-likeness (QED) is 0.733. The van der Waals surface area contributed by atoms with Crippen LogP contribution in [0.4, 0.5) is 0 Å². The zero-order chi connectivity index (χ0) is 14.3. The second-order valence-electron chi connectivity index (χ2n) is 5.48. The van der Waals surface area contributed by atoms with Crippen LogP contribution in [0.2, 0.25) is 0 Å². The Hall–Kier alpha value is -2.22. The Bertz CT molecular complexity index is 766. The van der Waals surface area contributed by atoms with E-state index in [9.17, 15) is 5.11 Å². The van der Waals surface area contributed by atoms with Crippen molar-refractivity contribution in [3.05, 3.63) is 64.8 Å². The maximum absolute atomic E-state index is 9.38. The number of hydrogen-bond acceptors (Lipinski definition) is 1. The van der Waals surface area contributed by atoms with Crippen LogP contribution in [0.1, 0.15) is 22.4 Å². The van der Waals surface area contributed by atoms with Gasteiger partial charge in [0.2, 0.25) is 0 Å². The molecule has 0 saturated carbocycles. The molecule has 20 heavy (non-hydrogen) atoms. The van der Waals surface area contributed by atoms with Gasteiger partial charge < -0.3 is 9.67 Å². The van der Waals surface area contributed by atoms with Crippen LogP contribution in [-0.4, -0.2) is 9.67 Å². The number of aryl methyl sites for hydroxylation is 2. The van der Waals surface area contributed by atoms with E-state index < -0.39 is 0 Å². The van der Waals surface area contributed by atoms with Crippen LogP contribution < -0.4 is 0 Å². The van der Waals surface area contributed by atoms with Crippen molar-refractivity contribution in [1.29, 1.82) is 0 Å². The lowest BCUT2D eigenvalue weighted by molar-refractivity contribution is 0.475. The van der Waals surface area contributed by atoms with Crippen LogP contribution >= 0.6 is 0 Å². The summed E-state index contributed by atoms with van der Waals surface area (Å²) in [5.74, 6) is 0.314. The van der Waals surface area contributed by atoms with E-state index in [0.717, 1.165) is 6.54 Å². The third-order valence-electron chi connectivity index (χ3n) is 4.07. The fourth-order valence-electron chi connectivity index (χ4n) is 2.75. The smallest absolute Gasteiger partial charge is 0.115 e. The van der Waals surface area contributed by atoms with E-state index in [4.69, 9.17) is 0 Å². The maximum atomic E-state index is 9.38. The van der Waals surface area contributed by atoms with Gasteiger partial charge in [0, 0.05) is 23.1 Å². The second-order valence-corrected chi connectivity index (χ2v) is 5.48. The van der Waals surface area contributed by atoms with E-state index in [1.807, 2.05) is 12.1 Å². The molecule has 2 aromatic carbocycles. The van der Waals surface area contributed by atoms with Gasteiger partial charge in [-0.25, -0.2) is 0 Å². The van der Waals surface area contributed by atoms with Crippen LogP contribution in [0, 0.1) is 20.8 Å². The van der Waals surface area contributed by atoms with Gasteiger partial charge in [-0.15, -0.1) is 0 Å². The molecule has 1 N–H and O–H groups in total. The van der Waals surface area contributed by atoms with Gasteiger partial charge in [0.05, 0.1) is 0 Å². The molecule has 0 bridgehead atoms. The summed E-state index contributed by atoms with van der Waals surface area (Å²) in [7, 11) is 0. The number of benzene rings is 2. The largest absolute Gasteiger partial charge is 0.508 e. The fraction of sp³-hybridized carbons (Fsp3) is 0.222. The van der Waals surface area contributed by atoms with E-state index in [1.54, 1.807) is 12.1 Å². The van der Waals surface area contributed by atoms with Gasteiger partial charge >= 0.3 is 0 Å². The van der Waals surface area contributed by atoms with Gasteiger partial charge in [-0.1, -0.05) is 23.8 Å². The predicted octanol–water partition coefficient (Wildman–Crippen LogP) is 4.32. The normalized spacial score (nSPS) is 11.2. The minimum Gasteiger partial charge on any atom is -0.508 e. The molecule has 0 unspecified atom stereocenters. The summed E-state index contributed by atoms with van der Waals surface area (Å²) < 4.78 is 2.34. The Morgan fingerprint density at radius 1 is 0.950 bits per heavy atom. The fourth-order valence-corrected chi connectivity index (χ4v) is 2.75. The first-order chi connectivity index (χ1) is 9.56. The molecule has 0 atom stereocenters. The summed E-state index contributed by atoms with van der Waals surface area (Å²) in [5, 5.41) is 10.7. The molecule has 0 fully saturated rings. The van der Waals surface area contributed by atoms with Crippen molar-refractivity contribution in [2.45, 2.75) is 27.3 Å². The molecule has 0 spiro atoms. The van der Waals surface area contributed by atoms with Crippen LogP contribution in [0.3, 0.4) is 0 Å². The van der Waals surface area contributed by atoms with Gasteiger partial charge in [-0.05, 0) is 56.2 Å². The first-order valence-electron chi connectivity index (χ1n) is 6.90. The number of aromatic nitrogens is 1. The summed E-state index contributed by atoms with van der Waals surface area (Å²) >= 11 is 0. The molecule has 0 saturated heterocycles. The zero-order valence-corrected chi connectivity index (χ0v) is 12.1. The molecular formula is C18H19NO. The second kappa shape index (κ2) is 4.71. The van der Waals surface area contributed by atoms with E-state index >= 15 is 0 Å². The molecule has 3 rings (SSSR count). The summed E-state index contributed by atoms with van der Waals surface area (Å²) in [5.41, 5.74) is 6.42. The lowest BCUT2D eigenvalue weighted by Gasteiger charge is -2.09. The van der Waals surface area contributed by atoms with Crippen molar-refractivity contribution in [1.82, 2.24) is 4.57 Å². The van der Waals surface area contributed by atoms with E-state index in [2.05, 4.69) is 43.5 Å². The van der Waals surface area contributed by atoms with Crippen LogP contribution in [0.15, 0.2) is 42.5 Å². The molecule has 1 heterocycles. The molecule has 2 nitrogen and oxygen atoms in total. The Morgan fingerprint density at radius 2 is 1.65 bits per heavy atom. The van der Waals surface area contributed by atoms with Crippen molar-refractivity contribution >= 4 is 10.9 Å². The summed E-state index contributed by atoms with van der Waals surface area (Å²) in [4.78, 5) is 0. The third kappa shape index (κ3) is 2.07. The monoisotopic (exact) mass is 265 g/mol. The topological polar surface area (TPSA) is 25.2 Å². The molecule has 2 heteroatoms. The number of nitrogens with zero attached hydrogens (tertiary/aromatic N) is 1. The Labute approximate surface area is 119 Å². The number of phenols is 1. The number of fused-ring (bicyclic) bond motifs is 1. The lowest BCUT2D eigenvalue weighted by Crippen LogP contribution is -2.01. The van der Waals surface area contributed by atoms with E-state index in [0.29, 0.717) is 5.75 Å². The van der Waals surface area contributed by atoms with E-state index in [-0.39, 0.29) is 0 Å². The Balaban J connectivity index is 2.11. The van der Waals surface area contributed by atoms with Crippen molar-refractivity contribution in [2.24, 2.45) is 0 Å². The standard InChI is InChI=1S/C18H19NO/c1-12-4-9-18-17(10-12)13(2)14(3)19(18)11-15-5-7-16(20)8-6-15/h4-10,20H,11H2,1-3H3. The molecule has 0 aliphatic heterocycles. The summed E-state index contributed by atoms with van der Waals surface area (Å²) in [6.45, 7) is 7.32. The molecule has 0 aliphatic rings. The first kappa shape index (κ1) is 12.8. The van der Waals surface area contributed by atoms with Gasteiger partial charge in [-0.3, -0.25) is 0 Å². The number of rotatable bonds is 2. The minimum absolute atomic E-state index is 0.314. The average Bonchev–Trinajstić information content (AvgIpc) is 2.66. The molecule has 3 aromatic rings. The van der Waals surface area contributed by atoms with E-state index in [1.165, 1.54) is 33.3 Å². The van der Waals surface area contributed by atoms with Gasteiger partial charge in [0.25, 0.3) is 0 Å². The SMILES string of the molecule is Cc1ccc2c(c1)c(C)c(C)n2Cc1ccc(O)cc1. The summed E-state index contributed by atoms with van der Waals surface area (Å²) in [6, 6.07) is 14.1. The number of aromatic hydroxyl groups is 1. The lowest BCUT2D eigenvalue weighted by atomic mass is 10.1. The highest BCUT2D eigenvalue weighted by Gasteiger charge is 2.11. The molecule has 1 aromatic heterocycles. The van der Waals surface area contributed by atoms with Gasteiger partial charge in [0.1, 0.15) is 5.75 Å².